The van der Waals surface area contributed by atoms with E-state index in [1.54, 1.807) is 29.3 Å². The molecule has 0 aliphatic heterocycles. The molecule has 1 atom stereocenters. The summed E-state index contributed by atoms with van der Waals surface area (Å²) >= 11 is 0. The van der Waals surface area contributed by atoms with E-state index in [0.717, 1.165) is 11.1 Å². The number of benzene rings is 1. The van der Waals surface area contributed by atoms with Crippen molar-refractivity contribution in [3.8, 4) is 11.1 Å². The summed E-state index contributed by atoms with van der Waals surface area (Å²) in [5, 5.41) is 0. The fourth-order valence-electron chi connectivity index (χ4n) is 2.48. The lowest BCUT2D eigenvalue weighted by atomic mass is 10.0. The molecule has 2 rings (SSSR count). The molecule has 2 aromatic rings. The molecule has 0 aliphatic carbocycles. The van der Waals surface area contributed by atoms with E-state index in [4.69, 9.17) is 4.74 Å². The zero-order valence-corrected chi connectivity index (χ0v) is 16.3. The molecule has 0 N–H and O–H groups in total. The van der Waals surface area contributed by atoms with Gasteiger partial charge in [0.2, 0.25) is 0 Å². The normalized spacial score (nSPS) is 12.8. The van der Waals surface area contributed by atoms with Crippen LogP contribution in [0.1, 0.15) is 41.5 Å². The molecule has 1 amide bonds. The molecule has 0 saturated heterocycles. The Balaban J connectivity index is 2.45. The lowest BCUT2D eigenvalue weighted by molar-refractivity contribution is 0.0558. The van der Waals surface area contributed by atoms with E-state index in [1.165, 1.54) is 12.1 Å². The average molecular weight is 358 g/mol. The van der Waals surface area contributed by atoms with Crippen LogP contribution < -0.4 is 4.90 Å². The minimum absolute atomic E-state index is 0.111. The van der Waals surface area contributed by atoms with E-state index in [-0.39, 0.29) is 17.8 Å². The number of hydrogen-bond donors (Lipinski definition) is 0. The van der Waals surface area contributed by atoms with Crippen LogP contribution in [0.15, 0.2) is 42.6 Å². The minimum atomic E-state index is -0.605. The van der Waals surface area contributed by atoms with Crippen LogP contribution in [0.5, 0.6) is 0 Å². The van der Waals surface area contributed by atoms with E-state index < -0.39 is 11.7 Å². The molecule has 1 unspecified atom stereocenters. The summed E-state index contributed by atoms with van der Waals surface area (Å²) < 4.78 is 19.1. The third-order valence-corrected chi connectivity index (χ3v) is 4.11. The third-order valence-electron chi connectivity index (χ3n) is 4.11. The fourth-order valence-corrected chi connectivity index (χ4v) is 2.48. The van der Waals surface area contributed by atoms with Crippen LogP contribution in [-0.2, 0) is 4.74 Å². The van der Waals surface area contributed by atoms with E-state index in [9.17, 15) is 9.18 Å². The van der Waals surface area contributed by atoms with Gasteiger partial charge in [-0.1, -0.05) is 26.0 Å². The molecule has 5 heteroatoms. The first-order valence-corrected chi connectivity index (χ1v) is 8.82. The van der Waals surface area contributed by atoms with Crippen molar-refractivity contribution in [2.75, 3.05) is 4.90 Å². The molecule has 0 fully saturated rings. The van der Waals surface area contributed by atoms with Crippen molar-refractivity contribution in [3.63, 3.8) is 0 Å². The molecule has 0 saturated carbocycles. The van der Waals surface area contributed by atoms with Crippen LogP contribution in [0.2, 0.25) is 0 Å². The molecular weight excluding hydrogens is 331 g/mol. The summed E-state index contributed by atoms with van der Waals surface area (Å²) in [5.74, 6) is 0.393. The van der Waals surface area contributed by atoms with Gasteiger partial charge in [0, 0.05) is 12.2 Å². The second-order valence-electron chi connectivity index (χ2n) is 7.75. The molecule has 0 bridgehead atoms. The second kappa shape index (κ2) is 7.85. The van der Waals surface area contributed by atoms with Crippen molar-refractivity contribution in [2.24, 2.45) is 5.92 Å². The first kappa shape index (κ1) is 19.9. The molecular formula is C21H27FN2O2. The number of halogens is 1. The molecule has 1 aromatic carbocycles. The van der Waals surface area contributed by atoms with Gasteiger partial charge < -0.3 is 4.74 Å². The third kappa shape index (κ3) is 5.04. The first-order valence-electron chi connectivity index (χ1n) is 8.82. The Bertz CT molecular complexity index is 769. The van der Waals surface area contributed by atoms with Crippen molar-refractivity contribution in [2.45, 2.75) is 53.2 Å². The van der Waals surface area contributed by atoms with Crippen molar-refractivity contribution < 1.29 is 13.9 Å². The zero-order chi connectivity index (χ0) is 19.5. The Morgan fingerprint density at radius 1 is 1.12 bits per heavy atom. The van der Waals surface area contributed by atoms with Gasteiger partial charge in [0.25, 0.3) is 0 Å². The smallest absolute Gasteiger partial charge is 0.416 e. The van der Waals surface area contributed by atoms with Gasteiger partial charge in [0.1, 0.15) is 17.2 Å². The summed E-state index contributed by atoms with van der Waals surface area (Å²) in [6, 6.07) is 9.82. The van der Waals surface area contributed by atoms with Crippen molar-refractivity contribution in [3.05, 3.63) is 48.4 Å². The highest BCUT2D eigenvalue weighted by Gasteiger charge is 2.30. The minimum Gasteiger partial charge on any atom is -0.443 e. The lowest BCUT2D eigenvalue weighted by Crippen LogP contribution is -2.45. The van der Waals surface area contributed by atoms with Crippen LogP contribution in [0.25, 0.3) is 11.1 Å². The first-order chi connectivity index (χ1) is 12.1. The summed E-state index contributed by atoms with van der Waals surface area (Å²) in [5.41, 5.74) is 0.917. The molecule has 4 nitrogen and oxygen atoms in total. The molecule has 0 aliphatic rings. The zero-order valence-electron chi connectivity index (χ0n) is 16.3. The highest BCUT2D eigenvalue weighted by molar-refractivity contribution is 5.88. The summed E-state index contributed by atoms with van der Waals surface area (Å²) in [6.45, 7) is 11.5. The quantitative estimate of drug-likeness (QED) is 0.707. The Morgan fingerprint density at radius 2 is 1.77 bits per heavy atom. The van der Waals surface area contributed by atoms with Crippen molar-refractivity contribution in [1.82, 2.24) is 4.98 Å². The van der Waals surface area contributed by atoms with Gasteiger partial charge in [-0.2, -0.15) is 0 Å². The predicted molar refractivity (Wildman–Crippen MR) is 103 cm³/mol. The predicted octanol–water partition coefficient (Wildman–Crippen LogP) is 5.67. The van der Waals surface area contributed by atoms with E-state index in [2.05, 4.69) is 4.98 Å². The fraction of sp³-hybridized carbons (Fsp3) is 0.429. The van der Waals surface area contributed by atoms with Crippen LogP contribution in [0.4, 0.5) is 15.0 Å². The summed E-state index contributed by atoms with van der Waals surface area (Å²) in [6.07, 6.45) is 1.18. The van der Waals surface area contributed by atoms with Crippen LogP contribution in [0, 0.1) is 11.7 Å². The highest BCUT2D eigenvalue weighted by atomic mass is 19.1. The van der Waals surface area contributed by atoms with E-state index in [1.807, 2.05) is 47.6 Å². The molecule has 0 radical (unpaired) electrons. The molecule has 140 valence electrons. The Morgan fingerprint density at radius 3 is 2.35 bits per heavy atom. The number of amides is 1. The Labute approximate surface area is 155 Å². The van der Waals surface area contributed by atoms with Crippen LogP contribution >= 0.6 is 0 Å². The lowest BCUT2D eigenvalue weighted by Gasteiger charge is -2.33. The standard InChI is InChI=1S/C21H27FN2O2/c1-14(2)15(3)24(20(25)26-21(4,5)6)19-13-17(10-11-23-19)16-8-7-9-18(22)12-16/h7-15H,1-6H3. The molecule has 1 aromatic heterocycles. The van der Waals surface area contributed by atoms with Crippen molar-refractivity contribution >= 4 is 11.9 Å². The summed E-state index contributed by atoms with van der Waals surface area (Å²) in [7, 11) is 0. The van der Waals surface area contributed by atoms with Gasteiger partial charge in [-0.15, -0.1) is 0 Å². The van der Waals surface area contributed by atoms with E-state index in [0.29, 0.717) is 5.82 Å². The largest absolute Gasteiger partial charge is 0.443 e. The number of rotatable bonds is 4. The molecule has 0 spiro atoms. The highest BCUT2D eigenvalue weighted by Crippen LogP contribution is 2.27. The van der Waals surface area contributed by atoms with Gasteiger partial charge in [-0.05, 0) is 69.0 Å². The average Bonchev–Trinajstić information content (AvgIpc) is 2.53. The molecule has 26 heavy (non-hydrogen) atoms. The Kier molecular flexibility index (Phi) is 6.01. The van der Waals surface area contributed by atoms with Gasteiger partial charge in [-0.3, -0.25) is 4.90 Å². The number of nitrogens with zero attached hydrogens (tertiary/aromatic N) is 2. The number of carbonyl (C=O) groups is 1. The monoisotopic (exact) mass is 358 g/mol. The summed E-state index contributed by atoms with van der Waals surface area (Å²) in [4.78, 5) is 18.8. The molecule has 1 heterocycles. The number of anilines is 1. The Hall–Kier alpha value is -2.43. The number of aromatic nitrogens is 1. The maximum Gasteiger partial charge on any atom is 0.416 e. The second-order valence-corrected chi connectivity index (χ2v) is 7.75. The van der Waals surface area contributed by atoms with Gasteiger partial charge in [0.15, 0.2) is 0 Å². The van der Waals surface area contributed by atoms with Gasteiger partial charge in [0.05, 0.1) is 0 Å². The van der Waals surface area contributed by atoms with Crippen molar-refractivity contribution in [1.29, 1.82) is 0 Å². The van der Waals surface area contributed by atoms with Crippen LogP contribution in [-0.4, -0.2) is 22.7 Å². The number of pyridine rings is 1. The van der Waals surface area contributed by atoms with Gasteiger partial charge >= 0.3 is 6.09 Å². The van der Waals surface area contributed by atoms with Crippen LogP contribution in [0.3, 0.4) is 0 Å². The maximum atomic E-state index is 13.6. The number of carbonyl (C=O) groups excluding carboxylic acids is 1. The van der Waals surface area contributed by atoms with E-state index >= 15 is 0 Å². The number of hydrogen-bond acceptors (Lipinski definition) is 3. The topological polar surface area (TPSA) is 42.4 Å². The SMILES string of the molecule is CC(C)C(C)N(C(=O)OC(C)(C)C)c1cc(-c2cccc(F)c2)ccn1. The maximum absolute atomic E-state index is 13.6. The number of ether oxygens (including phenoxy) is 1. The van der Waals surface area contributed by atoms with Gasteiger partial charge in [-0.25, -0.2) is 14.2 Å².